The number of rotatable bonds is 6. The highest BCUT2D eigenvalue weighted by Crippen LogP contribution is 2.55. The van der Waals surface area contributed by atoms with E-state index in [1.54, 1.807) is 11.3 Å². The van der Waals surface area contributed by atoms with Crippen molar-refractivity contribution in [2.24, 2.45) is 0 Å². The van der Waals surface area contributed by atoms with E-state index in [0.29, 0.717) is 17.3 Å². The molecular weight excluding hydrogens is 400 g/mol. The van der Waals surface area contributed by atoms with Crippen LogP contribution in [0.1, 0.15) is 19.8 Å². The summed E-state index contributed by atoms with van der Waals surface area (Å²) >= 11 is 3.54. The number of thioether (sulfide) groups is 1. The zero-order chi connectivity index (χ0) is 19.1. The predicted octanol–water partition coefficient (Wildman–Crippen LogP) is 5.06. The zero-order valence-corrected chi connectivity index (χ0v) is 17.4. The van der Waals surface area contributed by atoms with Crippen molar-refractivity contribution in [3.8, 4) is 0 Å². The molecule has 27 heavy (non-hydrogen) atoms. The van der Waals surface area contributed by atoms with Gasteiger partial charge in [0.05, 0.1) is 27.4 Å². The molecule has 0 saturated heterocycles. The van der Waals surface area contributed by atoms with Crippen molar-refractivity contribution in [1.82, 2.24) is 9.47 Å². The molecule has 1 N–H and O–H groups in total. The van der Waals surface area contributed by atoms with Crippen molar-refractivity contribution in [2.45, 2.75) is 30.0 Å². The van der Waals surface area contributed by atoms with Gasteiger partial charge in [-0.2, -0.15) is 13.4 Å². The predicted molar refractivity (Wildman–Crippen MR) is 113 cm³/mol. The van der Waals surface area contributed by atoms with Crippen LogP contribution in [0.2, 0.25) is 0 Å². The van der Waals surface area contributed by atoms with Gasteiger partial charge in [-0.15, -0.1) is 0 Å². The Labute approximate surface area is 167 Å². The van der Waals surface area contributed by atoms with Gasteiger partial charge in [-0.25, -0.2) is 4.48 Å². The van der Waals surface area contributed by atoms with Crippen molar-refractivity contribution in [2.75, 3.05) is 12.3 Å². The number of fused-ring (bicyclic) bond motifs is 2. The second-order valence-electron chi connectivity index (χ2n) is 6.73. The Bertz CT molecular complexity index is 1050. The van der Waals surface area contributed by atoms with Crippen LogP contribution < -0.4 is 4.48 Å². The molecule has 5 nitrogen and oxygen atoms in total. The number of benzene rings is 2. The molecule has 2 unspecified atom stereocenters. The van der Waals surface area contributed by atoms with E-state index in [4.69, 9.17) is 9.54 Å². The monoisotopic (exact) mass is 421 g/mol. The van der Waals surface area contributed by atoms with Crippen LogP contribution in [0.3, 0.4) is 0 Å². The molecule has 1 aliphatic rings. The quantitative estimate of drug-likeness (QED) is 0.342. The summed E-state index contributed by atoms with van der Waals surface area (Å²) in [5, 5.41) is 1.28. The summed E-state index contributed by atoms with van der Waals surface area (Å²) in [6.07, 6.45) is 1.12. The molecule has 0 aliphatic carbocycles. The summed E-state index contributed by atoms with van der Waals surface area (Å²) < 4.78 is 33.0. The number of nitrogens with zero attached hydrogens (tertiary/aromatic N) is 2. The molecule has 0 bridgehead atoms. The topological polar surface area (TPSA) is 67.3 Å². The van der Waals surface area contributed by atoms with E-state index >= 15 is 0 Å². The maximum absolute atomic E-state index is 11.1. The van der Waals surface area contributed by atoms with Gasteiger partial charge in [-0.3, -0.25) is 4.55 Å². The van der Waals surface area contributed by atoms with E-state index in [-0.39, 0.29) is 11.1 Å². The van der Waals surface area contributed by atoms with E-state index in [0.717, 1.165) is 21.9 Å². The molecule has 142 valence electrons. The molecule has 0 spiro atoms. The van der Waals surface area contributed by atoms with Crippen LogP contribution in [0.5, 0.6) is 0 Å². The van der Waals surface area contributed by atoms with Gasteiger partial charge in [-0.05, 0) is 38.0 Å². The van der Waals surface area contributed by atoms with Crippen molar-refractivity contribution >= 4 is 54.3 Å². The SMILES string of the molecule is CC1Sc2ccccc2[N+]1(CCCCS(=O)(=O)O)c1nc2ccccc2s1. The molecule has 0 saturated carbocycles. The van der Waals surface area contributed by atoms with Gasteiger partial charge in [0.1, 0.15) is 5.37 Å². The Morgan fingerprint density at radius 3 is 2.63 bits per heavy atom. The highest BCUT2D eigenvalue weighted by Gasteiger charge is 2.48. The highest BCUT2D eigenvalue weighted by molar-refractivity contribution is 8.00. The average Bonchev–Trinajstić information content (AvgIpc) is 3.17. The van der Waals surface area contributed by atoms with Gasteiger partial charge in [0.25, 0.3) is 15.2 Å². The number of unbranched alkanes of at least 4 members (excludes halogenated alkanes) is 1. The molecule has 8 heteroatoms. The van der Waals surface area contributed by atoms with Crippen LogP contribution in [0.15, 0.2) is 53.4 Å². The molecular formula is C19H21N2O3S3+. The minimum atomic E-state index is -3.92. The Morgan fingerprint density at radius 1 is 1.11 bits per heavy atom. The Kier molecular flexibility index (Phi) is 5.02. The van der Waals surface area contributed by atoms with E-state index in [1.165, 1.54) is 10.6 Å². The van der Waals surface area contributed by atoms with Crippen molar-refractivity contribution < 1.29 is 13.0 Å². The van der Waals surface area contributed by atoms with Crippen LogP contribution in [-0.2, 0) is 10.1 Å². The Morgan fingerprint density at radius 2 is 1.85 bits per heavy atom. The first kappa shape index (κ1) is 18.9. The fourth-order valence-corrected chi connectivity index (χ4v) is 6.92. The first-order valence-corrected chi connectivity index (χ1v) is 12.2. The smallest absolute Gasteiger partial charge is 0.286 e. The van der Waals surface area contributed by atoms with Gasteiger partial charge < -0.3 is 0 Å². The molecule has 0 radical (unpaired) electrons. The lowest BCUT2D eigenvalue weighted by Crippen LogP contribution is -2.48. The lowest BCUT2D eigenvalue weighted by atomic mass is 10.2. The number of aromatic nitrogens is 1. The van der Waals surface area contributed by atoms with Crippen molar-refractivity contribution in [1.29, 1.82) is 0 Å². The number of thiazole rings is 1. The van der Waals surface area contributed by atoms with Crippen LogP contribution in [-0.4, -0.2) is 35.6 Å². The number of hydrogen-bond donors (Lipinski definition) is 1. The van der Waals surface area contributed by atoms with Crippen LogP contribution in [0.4, 0.5) is 10.8 Å². The second kappa shape index (κ2) is 7.18. The molecule has 0 amide bonds. The third-order valence-corrected chi connectivity index (χ3v) is 8.27. The van der Waals surface area contributed by atoms with E-state index in [1.807, 2.05) is 30.0 Å². The third-order valence-electron chi connectivity index (χ3n) is 5.00. The summed E-state index contributed by atoms with van der Waals surface area (Å²) in [5.41, 5.74) is 2.22. The Hall–Kier alpha value is -1.45. The third kappa shape index (κ3) is 3.52. The van der Waals surface area contributed by atoms with Crippen LogP contribution in [0.25, 0.3) is 10.2 Å². The van der Waals surface area contributed by atoms with Gasteiger partial charge in [0.15, 0.2) is 5.69 Å². The molecule has 2 aromatic carbocycles. The fraction of sp³-hybridized carbons (Fsp3) is 0.316. The normalized spacial score (nSPS) is 22.2. The summed E-state index contributed by atoms with van der Waals surface area (Å²) in [6.45, 7) is 2.96. The summed E-state index contributed by atoms with van der Waals surface area (Å²) in [6, 6.07) is 16.5. The van der Waals surface area contributed by atoms with Gasteiger partial charge >= 0.3 is 0 Å². The molecule has 0 fully saturated rings. The molecule has 1 aromatic heterocycles. The molecule has 3 aromatic rings. The lowest BCUT2D eigenvalue weighted by molar-refractivity contribution is 0.369. The zero-order valence-electron chi connectivity index (χ0n) is 14.9. The molecule has 2 atom stereocenters. The van der Waals surface area contributed by atoms with Crippen molar-refractivity contribution in [3.05, 3.63) is 48.5 Å². The summed E-state index contributed by atoms with van der Waals surface area (Å²) in [7, 11) is -3.92. The highest BCUT2D eigenvalue weighted by atomic mass is 32.2. The van der Waals surface area contributed by atoms with Gasteiger partial charge in [0.2, 0.25) is 0 Å². The van der Waals surface area contributed by atoms with Gasteiger partial charge in [-0.1, -0.05) is 47.4 Å². The summed E-state index contributed by atoms with van der Waals surface area (Å²) in [4.78, 5) is 6.20. The number of quaternary nitrogens is 1. The molecule has 2 heterocycles. The van der Waals surface area contributed by atoms with E-state index < -0.39 is 10.1 Å². The minimum absolute atomic E-state index is 0.198. The fourth-order valence-electron chi connectivity index (χ4n) is 3.69. The van der Waals surface area contributed by atoms with Gasteiger partial charge in [0, 0.05) is 6.07 Å². The summed E-state index contributed by atoms with van der Waals surface area (Å²) in [5.74, 6) is -0.198. The maximum Gasteiger partial charge on any atom is 0.293 e. The number of para-hydroxylation sites is 2. The largest absolute Gasteiger partial charge is 0.293 e. The average molecular weight is 422 g/mol. The second-order valence-corrected chi connectivity index (χ2v) is 10.7. The van der Waals surface area contributed by atoms with Crippen LogP contribution in [0, 0.1) is 0 Å². The molecule has 4 rings (SSSR count). The molecule has 1 aliphatic heterocycles. The number of hydrogen-bond acceptors (Lipinski definition) is 5. The van der Waals surface area contributed by atoms with E-state index in [9.17, 15) is 8.42 Å². The Balaban J connectivity index is 1.76. The first-order valence-electron chi connectivity index (χ1n) is 8.85. The van der Waals surface area contributed by atoms with E-state index in [2.05, 4.69) is 37.3 Å². The lowest BCUT2D eigenvalue weighted by Gasteiger charge is -2.35. The standard InChI is InChI=1S/C19H20N2O3S3/c1-14-21(12-6-7-13-27(22,23)24,16-9-3-5-11-18(16)25-14)19-20-15-8-2-4-10-17(15)26-19/h2-5,8-11,14H,6-7,12-13H2,1H3/p+1. The van der Waals surface area contributed by atoms with Crippen LogP contribution >= 0.6 is 23.1 Å². The minimum Gasteiger partial charge on any atom is -0.286 e. The maximum atomic E-state index is 11.1. The van der Waals surface area contributed by atoms with Crippen molar-refractivity contribution in [3.63, 3.8) is 0 Å². The first-order chi connectivity index (χ1) is 12.9.